The van der Waals surface area contributed by atoms with Crippen LogP contribution in [0.4, 0.5) is 17.6 Å². The van der Waals surface area contributed by atoms with E-state index < -0.39 is 0 Å². The first-order valence-corrected chi connectivity index (χ1v) is 10.9. The summed E-state index contributed by atoms with van der Waals surface area (Å²) >= 11 is 1.74. The summed E-state index contributed by atoms with van der Waals surface area (Å²) in [7, 11) is 0. The van der Waals surface area contributed by atoms with Gasteiger partial charge in [0, 0.05) is 42.6 Å². The first-order chi connectivity index (χ1) is 14.0. The molecule has 0 aromatic carbocycles. The third-order valence-electron chi connectivity index (χ3n) is 5.61. The number of carbonyl (C=O) groups is 1. The molecule has 0 bridgehead atoms. The number of anilines is 3. The number of thiophene rings is 1. The number of H-pyrrole nitrogens is 1. The van der Waals surface area contributed by atoms with E-state index >= 15 is 0 Å². The molecule has 3 aromatic heterocycles. The van der Waals surface area contributed by atoms with Gasteiger partial charge >= 0.3 is 0 Å². The Labute approximate surface area is 172 Å². The first kappa shape index (κ1) is 18.4. The van der Waals surface area contributed by atoms with Gasteiger partial charge in [-0.05, 0) is 44.1 Å². The monoisotopic (exact) mass is 411 g/mol. The first-order valence-electron chi connectivity index (χ1n) is 10.1. The van der Waals surface area contributed by atoms with E-state index in [0.29, 0.717) is 5.92 Å². The van der Waals surface area contributed by atoms with Gasteiger partial charge in [-0.2, -0.15) is 10.1 Å². The lowest BCUT2D eigenvalue weighted by molar-refractivity contribution is -0.115. The highest BCUT2D eigenvalue weighted by Crippen LogP contribution is 2.46. The summed E-state index contributed by atoms with van der Waals surface area (Å²) in [6.45, 7) is 5.64. The van der Waals surface area contributed by atoms with Crippen LogP contribution in [0.15, 0.2) is 12.1 Å². The van der Waals surface area contributed by atoms with E-state index in [1.165, 1.54) is 36.8 Å². The zero-order valence-corrected chi connectivity index (χ0v) is 17.4. The lowest BCUT2D eigenvalue weighted by Crippen LogP contribution is -2.24. The third-order valence-corrected chi connectivity index (χ3v) is 6.65. The van der Waals surface area contributed by atoms with Crippen LogP contribution in [0.1, 0.15) is 42.7 Å². The van der Waals surface area contributed by atoms with Crippen molar-refractivity contribution in [2.45, 2.75) is 39.0 Å². The predicted molar refractivity (Wildman–Crippen MR) is 115 cm³/mol. The van der Waals surface area contributed by atoms with Crippen LogP contribution in [0.3, 0.4) is 0 Å². The molecule has 6 rings (SSSR count). The fraction of sp³-hybridized carbons (Fsp3) is 0.500. The molecule has 1 aliphatic heterocycles. The molecule has 2 unspecified atom stereocenters. The van der Waals surface area contributed by atoms with Gasteiger partial charge in [0.15, 0.2) is 11.6 Å². The Morgan fingerprint density at radius 1 is 1.28 bits per heavy atom. The van der Waals surface area contributed by atoms with Gasteiger partial charge in [0.25, 0.3) is 0 Å². The van der Waals surface area contributed by atoms with Crippen LogP contribution in [0.25, 0.3) is 10.2 Å². The average Bonchev–Trinajstić information content (AvgIpc) is 3.50. The number of aryl methyl sites for hydroxylation is 1. The summed E-state index contributed by atoms with van der Waals surface area (Å²) in [5, 5.41) is 11.0. The van der Waals surface area contributed by atoms with Crippen molar-refractivity contribution in [2.24, 2.45) is 17.6 Å². The number of aromatic amines is 1. The minimum atomic E-state index is -0.333. The maximum absolute atomic E-state index is 9.22. The van der Waals surface area contributed by atoms with Gasteiger partial charge in [-0.3, -0.25) is 9.89 Å². The summed E-state index contributed by atoms with van der Waals surface area (Å²) in [6, 6.07) is 4.28. The second-order valence-electron chi connectivity index (χ2n) is 8.32. The molecule has 9 heteroatoms. The Bertz CT molecular complexity index is 1060. The Balaban J connectivity index is 0.000000419. The Hall–Kier alpha value is -2.68. The van der Waals surface area contributed by atoms with Crippen molar-refractivity contribution in [3.05, 3.63) is 22.7 Å². The number of carbonyl (C=O) groups excluding carboxylic acids is 1. The molecule has 2 saturated carbocycles. The number of primary amides is 1. The highest BCUT2D eigenvalue weighted by Gasteiger charge is 2.46. The number of rotatable bonds is 4. The molecule has 3 fully saturated rings. The fourth-order valence-corrected chi connectivity index (χ4v) is 4.85. The summed E-state index contributed by atoms with van der Waals surface area (Å²) in [5.74, 6) is 4.66. The van der Waals surface area contributed by atoms with Crippen LogP contribution in [-0.2, 0) is 4.79 Å². The third kappa shape index (κ3) is 3.91. The van der Waals surface area contributed by atoms with Crippen LogP contribution in [-0.4, -0.2) is 39.2 Å². The summed E-state index contributed by atoms with van der Waals surface area (Å²) in [6.07, 6.45) is 3.93. The van der Waals surface area contributed by atoms with E-state index in [2.05, 4.69) is 45.2 Å². The lowest BCUT2D eigenvalue weighted by atomic mass is 10.3. The van der Waals surface area contributed by atoms with E-state index in [-0.39, 0.29) is 5.91 Å². The van der Waals surface area contributed by atoms with Crippen LogP contribution < -0.4 is 16.0 Å². The Morgan fingerprint density at radius 2 is 2.00 bits per heavy atom. The zero-order valence-electron chi connectivity index (χ0n) is 16.6. The number of hydrogen-bond acceptors (Lipinski definition) is 7. The van der Waals surface area contributed by atoms with E-state index in [9.17, 15) is 4.79 Å². The van der Waals surface area contributed by atoms with Crippen molar-refractivity contribution < 1.29 is 4.79 Å². The molecule has 2 atom stereocenters. The number of amides is 1. The molecule has 152 valence electrons. The minimum absolute atomic E-state index is 0.333. The molecule has 1 amide bonds. The van der Waals surface area contributed by atoms with Crippen LogP contribution in [0.2, 0.25) is 0 Å². The summed E-state index contributed by atoms with van der Waals surface area (Å²) < 4.78 is 1.11. The molecule has 8 nitrogen and oxygen atoms in total. The average molecular weight is 412 g/mol. The van der Waals surface area contributed by atoms with Crippen LogP contribution in [0, 0.1) is 18.8 Å². The number of aromatic nitrogens is 4. The molecule has 4 heterocycles. The number of fused-ring (bicyclic) bond motifs is 2. The molecular weight excluding hydrogens is 386 g/mol. The smallest absolute Gasteiger partial charge is 0.227 e. The number of nitrogens with two attached hydrogens (primary N) is 1. The minimum Gasteiger partial charge on any atom is -0.370 e. The van der Waals surface area contributed by atoms with E-state index in [1.54, 1.807) is 11.3 Å². The molecule has 0 spiro atoms. The van der Waals surface area contributed by atoms with Gasteiger partial charge in [0.1, 0.15) is 0 Å². The van der Waals surface area contributed by atoms with E-state index in [1.807, 2.05) is 0 Å². The topological polar surface area (TPSA) is 113 Å². The lowest BCUT2D eigenvalue weighted by Gasteiger charge is -2.18. The van der Waals surface area contributed by atoms with E-state index in [4.69, 9.17) is 9.97 Å². The Morgan fingerprint density at radius 3 is 2.69 bits per heavy atom. The number of hydrogen-bond donors (Lipinski definition) is 3. The highest BCUT2D eigenvalue weighted by atomic mass is 32.1. The van der Waals surface area contributed by atoms with Gasteiger partial charge < -0.3 is 16.0 Å². The van der Waals surface area contributed by atoms with Crippen LogP contribution >= 0.6 is 11.3 Å². The molecule has 29 heavy (non-hydrogen) atoms. The maximum atomic E-state index is 9.22. The molecule has 0 radical (unpaired) electrons. The van der Waals surface area contributed by atoms with Crippen LogP contribution in [0.5, 0.6) is 0 Å². The number of piperidine rings is 1. The van der Waals surface area contributed by atoms with Gasteiger partial charge in [-0.1, -0.05) is 0 Å². The predicted octanol–water partition coefficient (Wildman–Crippen LogP) is 3.29. The normalized spacial score (nSPS) is 22.2. The molecule has 2 aliphatic carbocycles. The van der Waals surface area contributed by atoms with Gasteiger partial charge in [0.05, 0.1) is 10.2 Å². The number of nitrogens with one attached hydrogen (secondary N) is 2. The summed E-state index contributed by atoms with van der Waals surface area (Å²) in [4.78, 5) is 22.5. The van der Waals surface area contributed by atoms with Gasteiger partial charge in [-0.25, -0.2) is 4.98 Å². The fourth-order valence-electron chi connectivity index (χ4n) is 3.95. The quantitative estimate of drug-likeness (QED) is 0.607. The van der Waals surface area contributed by atoms with Gasteiger partial charge in [0.2, 0.25) is 11.9 Å². The molecule has 4 N–H and O–H groups in total. The van der Waals surface area contributed by atoms with Crippen molar-refractivity contribution in [1.82, 2.24) is 20.2 Å². The Kier molecular flexibility index (Phi) is 4.42. The van der Waals surface area contributed by atoms with Gasteiger partial charge in [-0.15, -0.1) is 11.3 Å². The number of nitrogens with zero attached hydrogens (tertiary/aromatic N) is 4. The van der Waals surface area contributed by atoms with Crippen molar-refractivity contribution in [3.8, 4) is 0 Å². The van der Waals surface area contributed by atoms with Crippen molar-refractivity contribution in [1.29, 1.82) is 0 Å². The summed E-state index contributed by atoms with van der Waals surface area (Å²) in [5.41, 5.74) is 6.74. The molecule has 3 aliphatic rings. The second-order valence-corrected chi connectivity index (χ2v) is 9.58. The molecule has 3 aromatic rings. The molecule has 1 saturated heterocycles. The SMILES string of the molecule is CC(N)=O.Cc1cc2nc(N3CC4CC4C3)nc(Nc3cc(C4CC4)[nH]n3)c2s1. The second kappa shape index (κ2) is 6.98. The largest absolute Gasteiger partial charge is 0.370 e. The maximum Gasteiger partial charge on any atom is 0.227 e. The van der Waals surface area contributed by atoms with E-state index in [0.717, 1.165) is 52.7 Å². The zero-order chi connectivity index (χ0) is 20.1. The standard InChI is InChI=1S/C18H20N6S.C2H5NO/c1-9-4-14-16(25-9)17(20-15-6-13(22-23-15)10-2-3-10)21-18(19-14)24-7-11-5-12(11)8-24;1-2(3)4/h4,6,10-12H,2-3,5,7-8H2,1H3,(H2,19,20,21,22,23);1H3,(H2,3,4). The van der Waals surface area contributed by atoms with Crippen molar-refractivity contribution in [3.63, 3.8) is 0 Å². The van der Waals surface area contributed by atoms with Crippen molar-refractivity contribution >= 4 is 45.0 Å². The van der Waals surface area contributed by atoms with Crippen molar-refractivity contribution in [2.75, 3.05) is 23.3 Å². The highest BCUT2D eigenvalue weighted by molar-refractivity contribution is 7.19. The molecular formula is C20H25N7OS.